The number of hydrogen-bond donors (Lipinski definition) is 1. The normalized spacial score (nSPS) is 10.7. The van der Waals surface area contributed by atoms with E-state index in [0.29, 0.717) is 17.2 Å². The third kappa shape index (κ3) is 5.54. The van der Waals surface area contributed by atoms with Gasteiger partial charge in [0.1, 0.15) is 0 Å². The number of rotatable bonds is 9. The Labute approximate surface area is 181 Å². The van der Waals surface area contributed by atoms with Gasteiger partial charge in [-0.3, -0.25) is 9.10 Å². The van der Waals surface area contributed by atoms with Crippen LogP contribution in [0.25, 0.3) is 0 Å². The van der Waals surface area contributed by atoms with Crippen molar-refractivity contribution in [3.05, 3.63) is 60.2 Å². The number of nitrogens with one attached hydrogen (secondary N) is 1. The number of benzene rings is 2. The van der Waals surface area contributed by atoms with Crippen LogP contribution < -0.4 is 19.1 Å². The first-order valence-electron chi connectivity index (χ1n) is 9.00. The van der Waals surface area contributed by atoms with E-state index in [2.05, 4.69) is 11.9 Å². The van der Waals surface area contributed by atoms with Crippen molar-refractivity contribution < 1.29 is 32.2 Å². The molecule has 0 radical (unpaired) electrons. The zero-order valence-electron chi connectivity index (χ0n) is 17.7. The highest BCUT2D eigenvalue weighted by molar-refractivity contribution is 7.92. The lowest BCUT2D eigenvalue weighted by molar-refractivity contribution is 0.0601. The first-order chi connectivity index (χ1) is 14.7. The Morgan fingerprint density at radius 1 is 1.06 bits per heavy atom. The topological polar surface area (TPSA) is 111 Å². The van der Waals surface area contributed by atoms with E-state index < -0.39 is 21.9 Å². The zero-order chi connectivity index (χ0) is 23.2. The summed E-state index contributed by atoms with van der Waals surface area (Å²) in [5.41, 5.74) is 0.893. The number of carbonyl (C=O) groups excluding carboxylic acids is 2. The van der Waals surface area contributed by atoms with Crippen LogP contribution in [0.3, 0.4) is 0 Å². The maximum Gasteiger partial charge on any atom is 0.340 e. The first kappa shape index (κ1) is 23.7. The standard InChI is InChI=1S/C21H24N2O7S/c1-6-11-23(31(5,26)27)15-9-7-14(8-10-15)20(24)22-17-13-19(29-3)18(28-2)12-16(17)21(25)30-4/h6-10,12-13H,1,11H2,2-5H3,(H,22,24). The van der Waals surface area contributed by atoms with E-state index in [1.807, 2.05) is 0 Å². The van der Waals surface area contributed by atoms with Gasteiger partial charge in [-0.15, -0.1) is 6.58 Å². The van der Waals surface area contributed by atoms with Crippen LogP contribution in [-0.4, -0.2) is 54.4 Å². The molecule has 31 heavy (non-hydrogen) atoms. The molecule has 0 aromatic heterocycles. The Bertz CT molecular complexity index is 1080. The second-order valence-corrected chi connectivity index (χ2v) is 8.23. The number of carbonyl (C=O) groups is 2. The van der Waals surface area contributed by atoms with Gasteiger partial charge in [0.05, 0.1) is 51.1 Å². The monoisotopic (exact) mass is 448 g/mol. The molecule has 0 heterocycles. The lowest BCUT2D eigenvalue weighted by Crippen LogP contribution is -2.29. The van der Waals surface area contributed by atoms with Crippen LogP contribution in [0.1, 0.15) is 20.7 Å². The number of sulfonamides is 1. The zero-order valence-corrected chi connectivity index (χ0v) is 18.5. The van der Waals surface area contributed by atoms with Crippen LogP contribution >= 0.6 is 0 Å². The summed E-state index contributed by atoms with van der Waals surface area (Å²) in [7, 11) is 0.561. The number of esters is 1. The quantitative estimate of drug-likeness (QED) is 0.464. The van der Waals surface area contributed by atoms with Gasteiger partial charge >= 0.3 is 5.97 Å². The molecule has 0 atom stereocenters. The lowest BCUT2D eigenvalue weighted by atomic mass is 10.1. The van der Waals surface area contributed by atoms with Crippen LogP contribution in [0.4, 0.5) is 11.4 Å². The summed E-state index contributed by atoms with van der Waals surface area (Å²) in [5.74, 6) is -0.569. The molecule has 0 saturated carbocycles. The van der Waals surface area contributed by atoms with Crippen molar-refractivity contribution in [1.29, 1.82) is 0 Å². The van der Waals surface area contributed by atoms with Crippen molar-refractivity contribution in [2.75, 3.05) is 43.8 Å². The number of anilines is 2. The molecular weight excluding hydrogens is 424 g/mol. The molecule has 0 bridgehead atoms. The molecule has 1 N–H and O–H groups in total. The van der Waals surface area contributed by atoms with Crippen LogP contribution in [0.5, 0.6) is 11.5 Å². The molecule has 0 aliphatic heterocycles. The minimum absolute atomic E-state index is 0.0827. The molecule has 9 nitrogen and oxygen atoms in total. The summed E-state index contributed by atoms with van der Waals surface area (Å²) in [5, 5.41) is 2.65. The van der Waals surface area contributed by atoms with Crippen molar-refractivity contribution in [1.82, 2.24) is 0 Å². The molecule has 0 aliphatic carbocycles. The SMILES string of the molecule is C=CCN(c1ccc(C(=O)Nc2cc(OC)c(OC)cc2C(=O)OC)cc1)S(C)(=O)=O. The maximum absolute atomic E-state index is 12.8. The van der Waals surface area contributed by atoms with E-state index in [1.165, 1.54) is 63.8 Å². The molecule has 10 heteroatoms. The van der Waals surface area contributed by atoms with E-state index in [-0.39, 0.29) is 23.4 Å². The highest BCUT2D eigenvalue weighted by Gasteiger charge is 2.20. The number of hydrogen-bond acceptors (Lipinski definition) is 7. The summed E-state index contributed by atoms with van der Waals surface area (Å²) in [4.78, 5) is 24.9. The highest BCUT2D eigenvalue weighted by Crippen LogP contribution is 2.34. The highest BCUT2D eigenvalue weighted by atomic mass is 32.2. The molecule has 0 fully saturated rings. The second kappa shape index (κ2) is 9.98. The Kier molecular flexibility index (Phi) is 7.65. The molecule has 0 unspecified atom stereocenters. The van der Waals surface area contributed by atoms with Gasteiger partial charge in [-0.25, -0.2) is 13.2 Å². The van der Waals surface area contributed by atoms with Crippen molar-refractivity contribution in [2.45, 2.75) is 0 Å². The number of amides is 1. The van der Waals surface area contributed by atoms with Crippen LogP contribution in [0.15, 0.2) is 49.1 Å². The molecule has 2 rings (SSSR count). The van der Waals surface area contributed by atoms with Crippen molar-refractivity contribution >= 4 is 33.3 Å². The molecule has 0 spiro atoms. The minimum atomic E-state index is -3.51. The average molecular weight is 448 g/mol. The van der Waals surface area contributed by atoms with E-state index in [1.54, 1.807) is 0 Å². The van der Waals surface area contributed by atoms with Gasteiger partial charge in [-0.2, -0.15) is 0 Å². The van der Waals surface area contributed by atoms with Gasteiger partial charge in [-0.1, -0.05) is 6.08 Å². The molecule has 166 valence electrons. The second-order valence-electron chi connectivity index (χ2n) is 6.33. The van der Waals surface area contributed by atoms with Gasteiger partial charge in [0.15, 0.2) is 11.5 Å². The van der Waals surface area contributed by atoms with Crippen LogP contribution in [0, 0.1) is 0 Å². The minimum Gasteiger partial charge on any atom is -0.493 e. The Balaban J connectivity index is 2.37. The maximum atomic E-state index is 12.8. The van der Waals surface area contributed by atoms with Crippen molar-refractivity contribution in [2.24, 2.45) is 0 Å². The fraction of sp³-hybridized carbons (Fsp3) is 0.238. The predicted octanol–water partition coefficient (Wildman–Crippen LogP) is 2.69. The lowest BCUT2D eigenvalue weighted by Gasteiger charge is -2.21. The van der Waals surface area contributed by atoms with Gasteiger partial charge < -0.3 is 19.5 Å². The summed E-state index contributed by atoms with van der Waals surface area (Å²) in [6.07, 6.45) is 2.55. The summed E-state index contributed by atoms with van der Waals surface area (Å²) >= 11 is 0. The summed E-state index contributed by atoms with van der Waals surface area (Å²) in [6, 6.07) is 8.83. The fourth-order valence-electron chi connectivity index (χ4n) is 2.78. The Hall–Kier alpha value is -3.53. The summed E-state index contributed by atoms with van der Waals surface area (Å²) < 4.78 is 40.3. The molecule has 2 aromatic carbocycles. The predicted molar refractivity (Wildman–Crippen MR) is 118 cm³/mol. The number of methoxy groups -OCH3 is 3. The van der Waals surface area contributed by atoms with E-state index in [9.17, 15) is 18.0 Å². The fourth-order valence-corrected chi connectivity index (χ4v) is 3.67. The summed E-state index contributed by atoms with van der Waals surface area (Å²) in [6.45, 7) is 3.66. The van der Waals surface area contributed by atoms with Gasteiger partial charge in [-0.05, 0) is 24.3 Å². The molecule has 0 saturated heterocycles. The first-order valence-corrected chi connectivity index (χ1v) is 10.9. The van der Waals surface area contributed by atoms with Crippen molar-refractivity contribution in [3.8, 4) is 11.5 Å². The smallest absolute Gasteiger partial charge is 0.340 e. The van der Waals surface area contributed by atoms with Crippen LogP contribution in [0.2, 0.25) is 0 Å². The molecule has 1 amide bonds. The van der Waals surface area contributed by atoms with Crippen molar-refractivity contribution in [3.63, 3.8) is 0 Å². The van der Waals surface area contributed by atoms with E-state index >= 15 is 0 Å². The third-order valence-corrected chi connectivity index (χ3v) is 5.45. The Morgan fingerprint density at radius 2 is 1.65 bits per heavy atom. The third-order valence-electron chi connectivity index (χ3n) is 4.29. The number of ether oxygens (including phenoxy) is 3. The van der Waals surface area contributed by atoms with E-state index in [4.69, 9.17) is 14.2 Å². The van der Waals surface area contributed by atoms with Crippen LogP contribution in [-0.2, 0) is 14.8 Å². The van der Waals surface area contributed by atoms with E-state index in [0.717, 1.165) is 10.6 Å². The molecular formula is C21H24N2O7S. The largest absolute Gasteiger partial charge is 0.493 e. The number of nitrogens with zero attached hydrogens (tertiary/aromatic N) is 1. The van der Waals surface area contributed by atoms with Gasteiger partial charge in [0, 0.05) is 17.7 Å². The Morgan fingerprint density at radius 3 is 2.13 bits per heavy atom. The van der Waals surface area contributed by atoms with Gasteiger partial charge in [0.2, 0.25) is 10.0 Å². The average Bonchev–Trinajstić information content (AvgIpc) is 2.75. The van der Waals surface area contributed by atoms with Gasteiger partial charge in [0.25, 0.3) is 5.91 Å². The molecule has 0 aliphatic rings. The molecule has 2 aromatic rings.